The number of carbonyl (C=O) groups excluding carboxylic acids is 1. The molecule has 0 radical (unpaired) electrons. The highest BCUT2D eigenvalue weighted by Crippen LogP contribution is 2.24. The lowest BCUT2D eigenvalue weighted by molar-refractivity contribution is 0.102. The predicted octanol–water partition coefficient (Wildman–Crippen LogP) is 3.61. The molecule has 0 bridgehead atoms. The summed E-state index contributed by atoms with van der Waals surface area (Å²) in [6.07, 6.45) is 0. The third kappa shape index (κ3) is 2.63. The second-order valence-electron chi connectivity index (χ2n) is 3.91. The van der Waals surface area contributed by atoms with Gasteiger partial charge in [0.25, 0.3) is 5.91 Å². The molecule has 0 aliphatic rings. The zero-order valence-electron chi connectivity index (χ0n) is 9.77. The van der Waals surface area contributed by atoms with Crippen molar-refractivity contribution >= 4 is 23.2 Å². The van der Waals surface area contributed by atoms with E-state index in [9.17, 15) is 9.90 Å². The van der Waals surface area contributed by atoms with Gasteiger partial charge in [0.15, 0.2) is 0 Å². The SMILES string of the molecule is Cc1c(O)cccc1NC(=O)c1ccc(Cl)cc1. The maximum Gasteiger partial charge on any atom is 0.255 e. The Bertz CT molecular complexity index is 579. The fourth-order valence-corrected chi connectivity index (χ4v) is 1.68. The molecule has 0 aromatic heterocycles. The fraction of sp³-hybridized carbons (Fsp3) is 0.0714. The van der Waals surface area contributed by atoms with Crippen LogP contribution in [0.15, 0.2) is 42.5 Å². The average Bonchev–Trinajstić information content (AvgIpc) is 2.36. The van der Waals surface area contributed by atoms with E-state index < -0.39 is 0 Å². The van der Waals surface area contributed by atoms with Crippen molar-refractivity contribution in [3.63, 3.8) is 0 Å². The maximum absolute atomic E-state index is 12.0. The molecule has 0 unspecified atom stereocenters. The summed E-state index contributed by atoms with van der Waals surface area (Å²) in [5.74, 6) is -0.0794. The van der Waals surface area contributed by atoms with Gasteiger partial charge in [-0.15, -0.1) is 0 Å². The van der Waals surface area contributed by atoms with E-state index in [4.69, 9.17) is 11.6 Å². The summed E-state index contributed by atoms with van der Waals surface area (Å²) >= 11 is 5.76. The number of benzene rings is 2. The maximum atomic E-state index is 12.0. The van der Waals surface area contributed by atoms with Crippen LogP contribution in [-0.2, 0) is 0 Å². The van der Waals surface area contributed by atoms with Gasteiger partial charge in [-0.3, -0.25) is 4.79 Å². The van der Waals surface area contributed by atoms with Crippen molar-refractivity contribution in [2.24, 2.45) is 0 Å². The van der Waals surface area contributed by atoms with Crippen LogP contribution in [0, 0.1) is 6.92 Å². The summed E-state index contributed by atoms with van der Waals surface area (Å²) in [5.41, 5.74) is 1.75. The van der Waals surface area contributed by atoms with Crippen LogP contribution >= 0.6 is 11.6 Å². The Morgan fingerprint density at radius 2 is 1.83 bits per heavy atom. The smallest absolute Gasteiger partial charge is 0.255 e. The van der Waals surface area contributed by atoms with Crippen molar-refractivity contribution in [2.45, 2.75) is 6.92 Å². The molecule has 2 aromatic carbocycles. The van der Waals surface area contributed by atoms with Crippen LogP contribution < -0.4 is 5.32 Å². The Morgan fingerprint density at radius 1 is 1.17 bits per heavy atom. The molecule has 0 atom stereocenters. The molecule has 1 amide bonds. The molecule has 0 heterocycles. The Balaban J connectivity index is 2.21. The van der Waals surface area contributed by atoms with Crippen LogP contribution in [0.3, 0.4) is 0 Å². The molecule has 2 N–H and O–H groups in total. The van der Waals surface area contributed by atoms with Crippen molar-refractivity contribution in [1.29, 1.82) is 0 Å². The molecule has 0 aliphatic heterocycles. The largest absolute Gasteiger partial charge is 0.508 e. The normalized spacial score (nSPS) is 10.1. The van der Waals surface area contributed by atoms with Gasteiger partial charge in [0.2, 0.25) is 0 Å². The third-order valence-electron chi connectivity index (χ3n) is 2.66. The molecule has 0 spiro atoms. The first kappa shape index (κ1) is 12.5. The second kappa shape index (κ2) is 5.10. The molecule has 0 fully saturated rings. The number of phenols is 1. The number of nitrogens with one attached hydrogen (secondary N) is 1. The van der Waals surface area contributed by atoms with Crippen LogP contribution in [0.2, 0.25) is 5.02 Å². The van der Waals surface area contributed by atoms with E-state index in [1.54, 1.807) is 49.4 Å². The lowest BCUT2D eigenvalue weighted by atomic mass is 10.1. The number of hydrogen-bond acceptors (Lipinski definition) is 2. The highest BCUT2D eigenvalue weighted by molar-refractivity contribution is 6.30. The topological polar surface area (TPSA) is 49.3 Å². The molecule has 18 heavy (non-hydrogen) atoms. The van der Waals surface area contributed by atoms with Crippen LogP contribution in [0.1, 0.15) is 15.9 Å². The van der Waals surface area contributed by atoms with Crippen molar-refractivity contribution in [1.82, 2.24) is 0 Å². The molecule has 0 saturated heterocycles. The van der Waals surface area contributed by atoms with Gasteiger partial charge in [-0.05, 0) is 43.3 Å². The predicted molar refractivity (Wildman–Crippen MR) is 72.2 cm³/mol. The molecular weight excluding hydrogens is 250 g/mol. The first-order valence-corrected chi connectivity index (χ1v) is 5.81. The third-order valence-corrected chi connectivity index (χ3v) is 2.91. The first-order chi connectivity index (χ1) is 8.58. The molecule has 0 saturated carbocycles. The number of phenolic OH excluding ortho intramolecular Hbond substituents is 1. The molecular formula is C14H12ClNO2. The van der Waals surface area contributed by atoms with Gasteiger partial charge in [0.1, 0.15) is 5.75 Å². The van der Waals surface area contributed by atoms with Crippen molar-refractivity contribution in [3.8, 4) is 5.75 Å². The zero-order chi connectivity index (χ0) is 13.1. The van der Waals surface area contributed by atoms with Crippen LogP contribution in [-0.4, -0.2) is 11.0 Å². The Labute approximate surface area is 110 Å². The molecule has 3 nitrogen and oxygen atoms in total. The monoisotopic (exact) mass is 261 g/mol. The Kier molecular flexibility index (Phi) is 3.53. The summed E-state index contributed by atoms with van der Waals surface area (Å²) in [5, 5.41) is 12.9. The number of anilines is 1. The van der Waals surface area contributed by atoms with Crippen LogP contribution in [0.4, 0.5) is 5.69 Å². The van der Waals surface area contributed by atoms with E-state index >= 15 is 0 Å². The highest BCUT2D eigenvalue weighted by Gasteiger charge is 2.08. The van der Waals surface area contributed by atoms with Gasteiger partial charge in [-0.1, -0.05) is 17.7 Å². The van der Waals surface area contributed by atoms with Gasteiger partial charge in [-0.25, -0.2) is 0 Å². The van der Waals surface area contributed by atoms with Gasteiger partial charge >= 0.3 is 0 Å². The van der Waals surface area contributed by atoms with E-state index in [1.165, 1.54) is 0 Å². The van der Waals surface area contributed by atoms with Crippen LogP contribution in [0.5, 0.6) is 5.75 Å². The average molecular weight is 262 g/mol. The lowest BCUT2D eigenvalue weighted by Crippen LogP contribution is -2.12. The minimum absolute atomic E-state index is 0.156. The van der Waals surface area contributed by atoms with Gasteiger partial charge in [0.05, 0.1) is 0 Å². The van der Waals surface area contributed by atoms with Crippen LogP contribution in [0.25, 0.3) is 0 Å². The molecule has 0 aliphatic carbocycles. The minimum atomic E-state index is -0.236. The summed E-state index contributed by atoms with van der Waals surface area (Å²) in [4.78, 5) is 12.0. The second-order valence-corrected chi connectivity index (χ2v) is 4.35. The summed E-state index contributed by atoms with van der Waals surface area (Å²) in [7, 11) is 0. The Hall–Kier alpha value is -2.00. The standard InChI is InChI=1S/C14H12ClNO2/c1-9-12(3-2-4-13(9)17)16-14(18)10-5-7-11(15)8-6-10/h2-8,17H,1H3,(H,16,18). The summed E-state index contributed by atoms with van der Waals surface area (Å²) < 4.78 is 0. The molecule has 4 heteroatoms. The molecule has 2 aromatic rings. The van der Waals surface area contributed by atoms with Gasteiger partial charge < -0.3 is 10.4 Å². The van der Waals surface area contributed by atoms with Gasteiger partial charge in [0, 0.05) is 21.8 Å². The summed E-state index contributed by atoms with van der Waals surface area (Å²) in [6, 6.07) is 11.6. The molecule has 2 rings (SSSR count). The van der Waals surface area contributed by atoms with E-state index in [2.05, 4.69) is 5.32 Å². The number of amides is 1. The number of aromatic hydroxyl groups is 1. The number of rotatable bonds is 2. The first-order valence-electron chi connectivity index (χ1n) is 5.43. The van der Waals surface area contributed by atoms with Crippen molar-refractivity contribution in [3.05, 3.63) is 58.6 Å². The fourth-order valence-electron chi connectivity index (χ4n) is 1.55. The van der Waals surface area contributed by atoms with E-state index in [0.717, 1.165) is 0 Å². The van der Waals surface area contributed by atoms with E-state index in [1.807, 2.05) is 0 Å². The minimum Gasteiger partial charge on any atom is -0.508 e. The zero-order valence-corrected chi connectivity index (χ0v) is 10.5. The van der Waals surface area contributed by atoms with Crippen molar-refractivity contribution < 1.29 is 9.90 Å². The number of carbonyl (C=O) groups is 1. The Morgan fingerprint density at radius 3 is 2.50 bits per heavy atom. The number of hydrogen-bond donors (Lipinski definition) is 2. The van der Waals surface area contributed by atoms with Gasteiger partial charge in [-0.2, -0.15) is 0 Å². The summed E-state index contributed by atoms with van der Waals surface area (Å²) in [6.45, 7) is 1.74. The van der Waals surface area contributed by atoms with E-state index in [0.29, 0.717) is 21.8 Å². The number of halogens is 1. The van der Waals surface area contributed by atoms with Crippen molar-refractivity contribution in [2.75, 3.05) is 5.32 Å². The quantitative estimate of drug-likeness (QED) is 0.868. The molecule has 92 valence electrons. The lowest BCUT2D eigenvalue weighted by Gasteiger charge is -2.09. The highest BCUT2D eigenvalue weighted by atomic mass is 35.5. The van der Waals surface area contributed by atoms with E-state index in [-0.39, 0.29) is 11.7 Å².